The topological polar surface area (TPSA) is 101 Å². The Kier molecular flexibility index (Phi) is 6.18. The molecule has 8 heteroatoms. The van der Waals surface area contributed by atoms with Crippen LogP contribution in [0.3, 0.4) is 0 Å². The summed E-state index contributed by atoms with van der Waals surface area (Å²) in [5.74, 6) is -1.52. The van der Waals surface area contributed by atoms with Crippen LogP contribution in [0.2, 0.25) is 0 Å². The van der Waals surface area contributed by atoms with Gasteiger partial charge in [0.25, 0.3) is 5.91 Å². The minimum absolute atomic E-state index is 0.00297. The molecular formula is C17H23NO6S. The number of carboxylic acid groups (broad SMARTS) is 1. The molecule has 1 aromatic rings. The second-order valence-electron chi connectivity index (χ2n) is 6.12. The first-order chi connectivity index (χ1) is 11.8. The summed E-state index contributed by atoms with van der Waals surface area (Å²) in [5.41, 5.74) is 0.0862. The standard InChI is InChI=1S/C17H23NO6S/c1-3-8-25(22,23)15-7-5-4-6-14(15)17(21)18-11-13(24-2)9-12(18)10-16(19)20/h4-7,12-13H,3,8-11H2,1-2H3,(H,19,20). The van der Waals surface area contributed by atoms with Gasteiger partial charge in [-0.25, -0.2) is 8.42 Å². The molecule has 1 aliphatic heterocycles. The van der Waals surface area contributed by atoms with Gasteiger partial charge in [-0.2, -0.15) is 0 Å². The zero-order chi connectivity index (χ0) is 18.6. The Morgan fingerprint density at radius 1 is 1.32 bits per heavy atom. The molecule has 0 saturated carbocycles. The van der Waals surface area contributed by atoms with Gasteiger partial charge in [-0.1, -0.05) is 19.1 Å². The largest absolute Gasteiger partial charge is 0.481 e. The number of carbonyl (C=O) groups is 2. The van der Waals surface area contributed by atoms with Crippen molar-refractivity contribution < 1.29 is 27.9 Å². The van der Waals surface area contributed by atoms with Crippen molar-refractivity contribution in [2.75, 3.05) is 19.4 Å². The molecule has 1 fully saturated rings. The average Bonchev–Trinajstić information content (AvgIpc) is 2.96. The van der Waals surface area contributed by atoms with Gasteiger partial charge in [0.15, 0.2) is 9.84 Å². The van der Waals surface area contributed by atoms with Crippen LogP contribution in [0.4, 0.5) is 0 Å². The third-order valence-corrected chi connectivity index (χ3v) is 6.28. The first kappa shape index (κ1) is 19.4. The highest BCUT2D eigenvalue weighted by molar-refractivity contribution is 7.91. The molecule has 1 amide bonds. The number of rotatable bonds is 7. The van der Waals surface area contributed by atoms with E-state index in [9.17, 15) is 18.0 Å². The molecule has 0 bridgehead atoms. The van der Waals surface area contributed by atoms with Crippen LogP contribution in [0.1, 0.15) is 36.5 Å². The lowest BCUT2D eigenvalue weighted by molar-refractivity contribution is -0.138. The highest BCUT2D eigenvalue weighted by atomic mass is 32.2. The number of methoxy groups -OCH3 is 1. The Morgan fingerprint density at radius 3 is 2.60 bits per heavy atom. The molecule has 138 valence electrons. The van der Waals surface area contributed by atoms with Crippen LogP contribution < -0.4 is 0 Å². The third kappa shape index (κ3) is 4.38. The molecule has 2 rings (SSSR count). The Labute approximate surface area is 147 Å². The molecule has 1 aromatic carbocycles. The number of amides is 1. The summed E-state index contributed by atoms with van der Waals surface area (Å²) in [6.07, 6.45) is 0.406. The van der Waals surface area contributed by atoms with Crippen LogP contribution in [0.15, 0.2) is 29.2 Å². The van der Waals surface area contributed by atoms with E-state index >= 15 is 0 Å². The first-order valence-corrected chi connectivity index (χ1v) is 9.82. The van der Waals surface area contributed by atoms with Gasteiger partial charge in [0.05, 0.1) is 28.7 Å². The van der Waals surface area contributed by atoms with E-state index in [0.717, 1.165) is 0 Å². The van der Waals surface area contributed by atoms with Crippen LogP contribution in [0.5, 0.6) is 0 Å². The van der Waals surface area contributed by atoms with Crippen LogP contribution in [-0.4, -0.2) is 61.9 Å². The molecule has 1 N–H and O–H groups in total. The fourth-order valence-corrected chi connectivity index (χ4v) is 4.67. The van der Waals surface area contributed by atoms with Crippen molar-refractivity contribution in [3.63, 3.8) is 0 Å². The highest BCUT2D eigenvalue weighted by Crippen LogP contribution is 2.27. The number of benzene rings is 1. The Bertz CT molecular complexity index is 745. The van der Waals surface area contributed by atoms with Crippen LogP contribution in [0, 0.1) is 0 Å². The number of carboxylic acids is 1. The monoisotopic (exact) mass is 369 g/mol. The van der Waals surface area contributed by atoms with E-state index in [4.69, 9.17) is 9.84 Å². The van der Waals surface area contributed by atoms with E-state index in [1.807, 2.05) is 0 Å². The maximum Gasteiger partial charge on any atom is 0.305 e. The van der Waals surface area contributed by atoms with Crippen molar-refractivity contribution in [1.29, 1.82) is 0 Å². The van der Waals surface area contributed by atoms with Crippen molar-refractivity contribution in [1.82, 2.24) is 4.90 Å². The molecule has 25 heavy (non-hydrogen) atoms. The normalized spacial score (nSPS) is 20.6. The highest BCUT2D eigenvalue weighted by Gasteiger charge is 2.38. The maximum atomic E-state index is 13.0. The predicted octanol–water partition coefficient (Wildman–Crippen LogP) is 1.57. The average molecular weight is 369 g/mol. The predicted molar refractivity (Wildman–Crippen MR) is 91.3 cm³/mol. The summed E-state index contributed by atoms with van der Waals surface area (Å²) in [4.78, 5) is 25.5. The molecule has 1 aliphatic rings. The van der Waals surface area contributed by atoms with Gasteiger partial charge in [-0.05, 0) is 25.0 Å². The quantitative estimate of drug-likeness (QED) is 0.783. The number of hydrogen-bond donors (Lipinski definition) is 1. The molecule has 0 aliphatic carbocycles. The van der Waals surface area contributed by atoms with Gasteiger partial charge in [-0.3, -0.25) is 9.59 Å². The van der Waals surface area contributed by atoms with Crippen molar-refractivity contribution in [3.05, 3.63) is 29.8 Å². The molecule has 0 aromatic heterocycles. The van der Waals surface area contributed by atoms with E-state index in [0.29, 0.717) is 12.8 Å². The number of carbonyl (C=O) groups excluding carboxylic acids is 1. The summed E-state index contributed by atoms with van der Waals surface area (Å²) < 4.78 is 30.2. The van der Waals surface area contributed by atoms with Crippen LogP contribution >= 0.6 is 0 Å². The molecule has 0 radical (unpaired) electrons. The molecule has 1 saturated heterocycles. The summed E-state index contributed by atoms with van der Waals surface area (Å²) in [6, 6.07) is 5.57. The fraction of sp³-hybridized carbons (Fsp3) is 0.529. The molecule has 1 heterocycles. The number of sulfone groups is 1. The van der Waals surface area contributed by atoms with Crippen LogP contribution in [0.25, 0.3) is 0 Å². The van der Waals surface area contributed by atoms with E-state index in [1.54, 1.807) is 19.1 Å². The van der Waals surface area contributed by atoms with E-state index in [-0.39, 0.29) is 35.3 Å². The van der Waals surface area contributed by atoms with Crippen molar-refractivity contribution in [2.24, 2.45) is 0 Å². The van der Waals surface area contributed by atoms with Gasteiger partial charge < -0.3 is 14.7 Å². The fourth-order valence-electron chi connectivity index (χ4n) is 3.14. The molecule has 2 atom stereocenters. The number of likely N-dealkylation sites (tertiary alicyclic amines) is 1. The van der Waals surface area contributed by atoms with Gasteiger partial charge in [0.2, 0.25) is 0 Å². The van der Waals surface area contributed by atoms with Gasteiger partial charge >= 0.3 is 5.97 Å². The van der Waals surface area contributed by atoms with Gasteiger partial charge in [-0.15, -0.1) is 0 Å². The number of aliphatic carboxylic acids is 1. The lowest BCUT2D eigenvalue weighted by Crippen LogP contribution is -2.38. The number of hydrogen-bond acceptors (Lipinski definition) is 5. The Balaban J connectivity index is 2.38. The van der Waals surface area contributed by atoms with E-state index in [2.05, 4.69) is 0 Å². The number of nitrogens with zero attached hydrogens (tertiary/aromatic N) is 1. The lowest BCUT2D eigenvalue weighted by Gasteiger charge is -2.24. The lowest BCUT2D eigenvalue weighted by atomic mass is 10.1. The van der Waals surface area contributed by atoms with Gasteiger partial charge in [0, 0.05) is 19.7 Å². The maximum absolute atomic E-state index is 13.0. The Morgan fingerprint density at radius 2 is 2.00 bits per heavy atom. The molecule has 0 spiro atoms. The summed E-state index contributed by atoms with van der Waals surface area (Å²) in [7, 11) is -2.06. The second-order valence-corrected chi connectivity index (χ2v) is 8.20. The smallest absolute Gasteiger partial charge is 0.305 e. The SMILES string of the molecule is CCCS(=O)(=O)c1ccccc1C(=O)N1CC(OC)CC1CC(=O)O. The summed E-state index contributed by atoms with van der Waals surface area (Å²) >= 11 is 0. The molecular weight excluding hydrogens is 346 g/mol. The van der Waals surface area contributed by atoms with E-state index < -0.39 is 27.8 Å². The zero-order valence-corrected chi connectivity index (χ0v) is 15.2. The third-order valence-electron chi connectivity index (χ3n) is 4.31. The van der Waals surface area contributed by atoms with E-state index in [1.165, 1.54) is 24.1 Å². The minimum Gasteiger partial charge on any atom is -0.481 e. The van der Waals surface area contributed by atoms with Crippen molar-refractivity contribution >= 4 is 21.7 Å². The first-order valence-electron chi connectivity index (χ1n) is 8.17. The minimum atomic E-state index is -3.57. The summed E-state index contributed by atoms with van der Waals surface area (Å²) in [6.45, 7) is 2.00. The Hall–Kier alpha value is -1.93. The number of ether oxygens (including phenoxy) is 1. The summed E-state index contributed by atoms with van der Waals surface area (Å²) in [5, 5.41) is 9.08. The van der Waals surface area contributed by atoms with Crippen molar-refractivity contribution in [3.8, 4) is 0 Å². The zero-order valence-electron chi connectivity index (χ0n) is 14.3. The molecule has 2 unspecified atom stereocenters. The second kappa shape index (κ2) is 7.97. The molecule has 7 nitrogen and oxygen atoms in total. The van der Waals surface area contributed by atoms with Gasteiger partial charge in [0.1, 0.15) is 0 Å². The van der Waals surface area contributed by atoms with Crippen LogP contribution in [-0.2, 0) is 19.4 Å². The van der Waals surface area contributed by atoms with Crippen molar-refractivity contribution in [2.45, 2.75) is 43.2 Å².